The first-order valence-electron chi connectivity index (χ1n) is 5.37. The summed E-state index contributed by atoms with van der Waals surface area (Å²) in [5.74, 6) is 2.20. The van der Waals surface area contributed by atoms with Crippen LogP contribution in [0, 0.1) is 0 Å². The van der Waals surface area contributed by atoms with E-state index in [9.17, 15) is 4.79 Å². The smallest absolute Gasteiger partial charge is 0.281 e. The molecule has 1 amide bonds. The van der Waals surface area contributed by atoms with Crippen LogP contribution in [0.25, 0.3) is 0 Å². The van der Waals surface area contributed by atoms with Crippen LogP contribution in [0.2, 0.25) is 0 Å². The van der Waals surface area contributed by atoms with Crippen molar-refractivity contribution >= 4 is 28.8 Å². The first-order valence-corrected chi connectivity index (χ1v) is 7.40. The second-order valence-electron chi connectivity index (χ2n) is 4.05. The third kappa shape index (κ3) is 3.89. The number of rotatable bonds is 4. The van der Waals surface area contributed by atoms with E-state index in [1.807, 2.05) is 18.8 Å². The fraction of sp³-hybridized carbons (Fsp3) is 0.900. The summed E-state index contributed by atoms with van der Waals surface area (Å²) in [7, 11) is 1.87. The van der Waals surface area contributed by atoms with Gasteiger partial charge < -0.3 is 9.64 Å². The third-order valence-corrected chi connectivity index (χ3v) is 4.92. The number of carbonyl (C=O) groups is 1. The molecule has 2 unspecified atom stereocenters. The molecule has 0 aromatic carbocycles. The molecular formula is C10H17NO2S2. The number of nitrogens with zero attached hydrogens (tertiary/aromatic N) is 1. The zero-order valence-corrected chi connectivity index (χ0v) is 10.6. The Balaban J connectivity index is 1.63. The Morgan fingerprint density at radius 3 is 3.07 bits per heavy atom. The lowest BCUT2D eigenvalue weighted by atomic mass is 10.2. The second kappa shape index (κ2) is 5.46. The van der Waals surface area contributed by atoms with Gasteiger partial charge in [0.1, 0.15) is 0 Å². The van der Waals surface area contributed by atoms with Gasteiger partial charge in [-0.2, -0.15) is 11.8 Å². The van der Waals surface area contributed by atoms with E-state index < -0.39 is 0 Å². The summed E-state index contributed by atoms with van der Waals surface area (Å²) in [6.45, 7) is 1.61. The molecule has 0 aromatic heterocycles. The lowest BCUT2D eigenvalue weighted by molar-refractivity contribution is 0.0910. The van der Waals surface area contributed by atoms with E-state index in [0.29, 0.717) is 0 Å². The molecular weight excluding hydrogens is 230 g/mol. The van der Waals surface area contributed by atoms with E-state index in [1.165, 1.54) is 17.5 Å². The van der Waals surface area contributed by atoms with Crippen LogP contribution in [0.1, 0.15) is 12.8 Å². The molecule has 0 radical (unpaired) electrons. The van der Waals surface area contributed by atoms with Crippen molar-refractivity contribution in [2.24, 2.45) is 0 Å². The van der Waals surface area contributed by atoms with E-state index in [0.717, 1.165) is 37.0 Å². The van der Waals surface area contributed by atoms with Crippen LogP contribution in [0.5, 0.6) is 0 Å². The fourth-order valence-corrected chi connectivity index (χ4v) is 3.34. The molecule has 2 aliphatic heterocycles. The molecule has 2 saturated heterocycles. The second-order valence-corrected chi connectivity index (χ2v) is 6.35. The van der Waals surface area contributed by atoms with Crippen LogP contribution in [0.3, 0.4) is 0 Å². The molecule has 2 rings (SSSR count). The highest BCUT2D eigenvalue weighted by Gasteiger charge is 2.25. The van der Waals surface area contributed by atoms with Gasteiger partial charge in [-0.3, -0.25) is 4.79 Å². The number of likely N-dealkylation sites (N-methyl/N-ethyl adjacent to an activating group) is 1. The summed E-state index contributed by atoms with van der Waals surface area (Å²) in [5, 5.41) is 0.924. The van der Waals surface area contributed by atoms with Gasteiger partial charge in [0, 0.05) is 37.0 Å². The molecule has 2 fully saturated rings. The maximum Gasteiger partial charge on any atom is 0.281 e. The average Bonchev–Trinajstić information content (AvgIpc) is 2.92. The Bertz CT molecular complexity index is 227. The third-order valence-electron chi connectivity index (χ3n) is 2.61. The Morgan fingerprint density at radius 1 is 1.67 bits per heavy atom. The van der Waals surface area contributed by atoms with Crippen molar-refractivity contribution in [2.75, 3.05) is 31.7 Å². The van der Waals surface area contributed by atoms with Crippen molar-refractivity contribution in [3.63, 3.8) is 0 Å². The van der Waals surface area contributed by atoms with Crippen LogP contribution in [0.15, 0.2) is 0 Å². The number of thioether (sulfide) groups is 2. The lowest BCUT2D eigenvalue weighted by Gasteiger charge is -2.20. The fourth-order valence-electron chi connectivity index (χ4n) is 1.61. The van der Waals surface area contributed by atoms with Gasteiger partial charge in [0.2, 0.25) is 0 Å². The van der Waals surface area contributed by atoms with Gasteiger partial charge in [-0.25, -0.2) is 0 Å². The van der Waals surface area contributed by atoms with Gasteiger partial charge in [0.25, 0.3) is 5.24 Å². The van der Waals surface area contributed by atoms with Crippen LogP contribution >= 0.6 is 23.5 Å². The van der Waals surface area contributed by atoms with Crippen LogP contribution in [0.4, 0.5) is 4.79 Å². The number of hydrogen-bond acceptors (Lipinski definition) is 4. The molecule has 2 aliphatic rings. The highest BCUT2D eigenvalue weighted by atomic mass is 32.2. The van der Waals surface area contributed by atoms with Gasteiger partial charge in [-0.05, 0) is 12.8 Å². The molecule has 2 atom stereocenters. The molecule has 0 spiro atoms. The Hall–Kier alpha value is 0.130. The predicted octanol–water partition coefficient (Wildman–Crippen LogP) is 2.07. The van der Waals surface area contributed by atoms with Crippen molar-refractivity contribution in [3.8, 4) is 0 Å². The van der Waals surface area contributed by atoms with Gasteiger partial charge in [0.05, 0.1) is 6.10 Å². The van der Waals surface area contributed by atoms with E-state index in [4.69, 9.17) is 4.74 Å². The summed E-state index contributed by atoms with van der Waals surface area (Å²) in [6, 6.07) is 0. The zero-order valence-electron chi connectivity index (χ0n) is 8.98. The predicted molar refractivity (Wildman–Crippen MR) is 65.7 cm³/mol. The molecule has 5 heteroatoms. The van der Waals surface area contributed by atoms with Crippen molar-refractivity contribution < 1.29 is 9.53 Å². The molecule has 0 N–H and O–H groups in total. The Kier molecular flexibility index (Phi) is 4.22. The Labute approximate surface area is 99.3 Å². The first-order chi connectivity index (χ1) is 7.25. The molecule has 0 saturated carbocycles. The maximum absolute atomic E-state index is 11.7. The monoisotopic (exact) mass is 247 g/mol. The summed E-state index contributed by atoms with van der Waals surface area (Å²) in [4.78, 5) is 13.5. The number of ether oxygens (including phenoxy) is 1. The van der Waals surface area contributed by atoms with Gasteiger partial charge >= 0.3 is 0 Å². The number of amides is 1. The minimum atomic E-state index is 0.193. The Morgan fingerprint density at radius 2 is 2.47 bits per heavy atom. The van der Waals surface area contributed by atoms with E-state index in [-0.39, 0.29) is 11.3 Å². The summed E-state index contributed by atoms with van der Waals surface area (Å²) < 4.78 is 5.50. The quantitative estimate of drug-likeness (QED) is 0.711. The molecule has 3 nitrogen and oxygen atoms in total. The van der Waals surface area contributed by atoms with Crippen LogP contribution < -0.4 is 0 Å². The SMILES string of the molecule is CN(CC1CCCO1)C(=O)SCC1CS1. The van der Waals surface area contributed by atoms with Crippen molar-refractivity contribution in [1.29, 1.82) is 0 Å². The first kappa shape index (κ1) is 11.6. The number of hydrogen-bond donors (Lipinski definition) is 0. The van der Waals surface area contributed by atoms with Crippen molar-refractivity contribution in [1.82, 2.24) is 4.90 Å². The molecule has 15 heavy (non-hydrogen) atoms. The van der Waals surface area contributed by atoms with Gasteiger partial charge in [-0.15, -0.1) is 0 Å². The van der Waals surface area contributed by atoms with Crippen molar-refractivity contribution in [3.05, 3.63) is 0 Å². The largest absolute Gasteiger partial charge is 0.376 e. The summed E-state index contributed by atoms with van der Waals surface area (Å²) >= 11 is 3.39. The van der Waals surface area contributed by atoms with Gasteiger partial charge in [0.15, 0.2) is 0 Å². The van der Waals surface area contributed by atoms with Crippen LogP contribution in [-0.4, -0.2) is 53.2 Å². The van der Waals surface area contributed by atoms with Gasteiger partial charge in [-0.1, -0.05) is 11.8 Å². The molecule has 0 aliphatic carbocycles. The molecule has 2 heterocycles. The topological polar surface area (TPSA) is 29.5 Å². The van der Waals surface area contributed by atoms with E-state index in [1.54, 1.807) is 4.90 Å². The van der Waals surface area contributed by atoms with Crippen molar-refractivity contribution in [2.45, 2.75) is 24.2 Å². The summed E-state index contributed by atoms with van der Waals surface area (Å²) in [6.07, 6.45) is 2.51. The van der Waals surface area contributed by atoms with E-state index >= 15 is 0 Å². The van der Waals surface area contributed by atoms with Crippen LogP contribution in [-0.2, 0) is 4.74 Å². The average molecular weight is 247 g/mol. The molecule has 86 valence electrons. The maximum atomic E-state index is 11.7. The normalized spacial score (nSPS) is 29.1. The standard InChI is InChI=1S/C10H17NO2S2/c1-11(5-8-3-2-4-13-8)10(12)15-7-9-6-14-9/h8-9H,2-7H2,1H3. The minimum Gasteiger partial charge on any atom is -0.376 e. The molecule has 0 aromatic rings. The highest BCUT2D eigenvalue weighted by molar-refractivity contribution is 8.15. The highest BCUT2D eigenvalue weighted by Crippen LogP contribution is 2.33. The van der Waals surface area contributed by atoms with E-state index in [2.05, 4.69) is 0 Å². The molecule has 0 bridgehead atoms. The minimum absolute atomic E-state index is 0.193. The lowest BCUT2D eigenvalue weighted by Crippen LogP contribution is -2.31. The zero-order chi connectivity index (χ0) is 10.7. The number of carbonyl (C=O) groups excluding carboxylic acids is 1. The summed E-state index contributed by atoms with van der Waals surface area (Å²) in [5.41, 5.74) is 0.